The standard InChI is InChI=1S/C17H23N5O2/c1-24-16-19-8-2-9-20(16)12-3-5-13(6-4-12)22-11-15-14(18)7-10-21(15)17(22)23/h3-6,14-15H,2,7-11,18H2,1H3/t14-,15-/m1/s1. The van der Waals surface area contributed by atoms with Gasteiger partial charge in [-0.2, -0.15) is 0 Å². The molecule has 3 heterocycles. The zero-order valence-electron chi connectivity index (χ0n) is 13.9. The van der Waals surface area contributed by atoms with Crippen molar-refractivity contribution in [2.24, 2.45) is 10.7 Å². The summed E-state index contributed by atoms with van der Waals surface area (Å²) in [5, 5.41) is 0. The molecule has 7 nitrogen and oxygen atoms in total. The van der Waals surface area contributed by atoms with E-state index < -0.39 is 0 Å². The summed E-state index contributed by atoms with van der Waals surface area (Å²) in [5.74, 6) is 0. The predicted molar refractivity (Wildman–Crippen MR) is 93.5 cm³/mol. The molecule has 4 rings (SSSR count). The fourth-order valence-electron chi connectivity index (χ4n) is 3.80. The van der Waals surface area contributed by atoms with Crippen LogP contribution in [-0.2, 0) is 4.74 Å². The highest BCUT2D eigenvalue weighted by atomic mass is 16.5. The van der Waals surface area contributed by atoms with Crippen LogP contribution in [-0.4, -0.2) is 62.3 Å². The molecule has 0 saturated carbocycles. The van der Waals surface area contributed by atoms with Gasteiger partial charge in [-0.3, -0.25) is 9.80 Å². The molecular weight excluding hydrogens is 306 g/mol. The smallest absolute Gasteiger partial charge is 0.324 e. The highest BCUT2D eigenvalue weighted by Gasteiger charge is 2.44. The van der Waals surface area contributed by atoms with Crippen molar-refractivity contribution in [3.63, 3.8) is 0 Å². The van der Waals surface area contributed by atoms with Crippen molar-refractivity contribution >= 4 is 23.4 Å². The minimum atomic E-state index is 0.0674. The Balaban J connectivity index is 1.53. The number of methoxy groups -OCH3 is 1. The van der Waals surface area contributed by atoms with Crippen molar-refractivity contribution in [3.8, 4) is 0 Å². The summed E-state index contributed by atoms with van der Waals surface area (Å²) in [4.78, 5) is 22.8. The van der Waals surface area contributed by atoms with Crippen LogP contribution < -0.4 is 15.5 Å². The zero-order chi connectivity index (χ0) is 16.7. The number of nitrogens with zero attached hydrogens (tertiary/aromatic N) is 4. The first-order valence-electron chi connectivity index (χ1n) is 8.49. The quantitative estimate of drug-likeness (QED) is 0.886. The number of nitrogens with two attached hydrogens (primary N) is 1. The second-order valence-electron chi connectivity index (χ2n) is 6.50. The van der Waals surface area contributed by atoms with Gasteiger partial charge >= 0.3 is 6.03 Å². The maximum atomic E-state index is 12.6. The number of benzene rings is 1. The van der Waals surface area contributed by atoms with Gasteiger partial charge in [0.2, 0.25) is 0 Å². The van der Waals surface area contributed by atoms with Gasteiger partial charge in [-0.25, -0.2) is 9.79 Å². The number of ether oxygens (including phenoxy) is 1. The fraction of sp³-hybridized carbons (Fsp3) is 0.529. The number of fused-ring (bicyclic) bond motifs is 1. The van der Waals surface area contributed by atoms with Crippen molar-refractivity contribution in [3.05, 3.63) is 24.3 Å². The first-order chi connectivity index (χ1) is 11.7. The minimum Gasteiger partial charge on any atom is -0.468 e. The molecule has 7 heteroatoms. The second kappa shape index (κ2) is 5.98. The Bertz CT molecular complexity index is 659. The van der Waals surface area contributed by atoms with Gasteiger partial charge in [0, 0.05) is 43.6 Å². The average Bonchev–Trinajstić information content (AvgIpc) is 3.15. The van der Waals surface area contributed by atoms with Crippen LogP contribution in [0.5, 0.6) is 0 Å². The van der Waals surface area contributed by atoms with Crippen LogP contribution in [0.15, 0.2) is 29.3 Å². The van der Waals surface area contributed by atoms with Crippen LogP contribution in [0.3, 0.4) is 0 Å². The molecule has 0 unspecified atom stereocenters. The molecule has 1 aromatic rings. The molecule has 2 fully saturated rings. The number of urea groups is 1. The molecule has 3 aliphatic rings. The minimum absolute atomic E-state index is 0.0674. The number of hydrogen-bond donors (Lipinski definition) is 1. The number of amides is 2. The third kappa shape index (κ3) is 2.39. The first-order valence-corrected chi connectivity index (χ1v) is 8.49. The normalized spacial score (nSPS) is 26.7. The molecular formula is C17H23N5O2. The maximum Gasteiger partial charge on any atom is 0.324 e. The summed E-state index contributed by atoms with van der Waals surface area (Å²) >= 11 is 0. The summed E-state index contributed by atoms with van der Waals surface area (Å²) in [5.41, 5.74) is 8.07. The van der Waals surface area contributed by atoms with Gasteiger partial charge < -0.3 is 15.4 Å². The predicted octanol–water partition coefficient (Wildman–Crippen LogP) is 1.24. The molecule has 128 valence electrons. The topological polar surface area (TPSA) is 74.4 Å². The molecule has 1 aromatic carbocycles. The van der Waals surface area contributed by atoms with Crippen LogP contribution in [0.25, 0.3) is 0 Å². The number of carbonyl (C=O) groups is 1. The summed E-state index contributed by atoms with van der Waals surface area (Å²) in [7, 11) is 1.64. The lowest BCUT2D eigenvalue weighted by molar-refractivity contribution is 0.218. The Hall–Kier alpha value is -2.28. The number of anilines is 2. The summed E-state index contributed by atoms with van der Waals surface area (Å²) in [6.07, 6.45) is 1.91. The van der Waals surface area contributed by atoms with Gasteiger partial charge in [-0.1, -0.05) is 0 Å². The van der Waals surface area contributed by atoms with E-state index in [1.807, 2.05) is 34.1 Å². The summed E-state index contributed by atoms with van der Waals surface area (Å²) in [6.45, 7) is 3.13. The molecule has 0 aromatic heterocycles. The lowest BCUT2D eigenvalue weighted by Crippen LogP contribution is -2.37. The Kier molecular flexibility index (Phi) is 3.80. The first kappa shape index (κ1) is 15.3. The molecule has 2 saturated heterocycles. The van der Waals surface area contributed by atoms with E-state index >= 15 is 0 Å². The molecule has 2 atom stereocenters. The molecule has 0 bridgehead atoms. The van der Waals surface area contributed by atoms with Gasteiger partial charge in [-0.05, 0) is 37.1 Å². The molecule has 24 heavy (non-hydrogen) atoms. The van der Waals surface area contributed by atoms with E-state index in [4.69, 9.17) is 10.5 Å². The SMILES string of the molecule is COC1=NCCCN1c1ccc(N2C[C@@H]3[C@H](N)CCN3C2=O)cc1. The third-order valence-corrected chi connectivity index (χ3v) is 5.12. The highest BCUT2D eigenvalue weighted by molar-refractivity contribution is 5.96. The van der Waals surface area contributed by atoms with Gasteiger partial charge in [0.25, 0.3) is 6.02 Å². The van der Waals surface area contributed by atoms with E-state index in [0.717, 1.165) is 43.9 Å². The Morgan fingerprint density at radius 2 is 1.88 bits per heavy atom. The number of hydrogen-bond acceptors (Lipinski definition) is 5. The molecule has 0 spiro atoms. The van der Waals surface area contributed by atoms with E-state index in [0.29, 0.717) is 12.6 Å². The monoisotopic (exact) mass is 329 g/mol. The molecule has 2 amide bonds. The van der Waals surface area contributed by atoms with Crippen molar-refractivity contribution in [2.45, 2.75) is 24.9 Å². The highest BCUT2D eigenvalue weighted by Crippen LogP contribution is 2.31. The molecule has 3 aliphatic heterocycles. The van der Waals surface area contributed by atoms with Gasteiger partial charge in [-0.15, -0.1) is 0 Å². The number of carbonyl (C=O) groups excluding carboxylic acids is 1. The van der Waals surface area contributed by atoms with Crippen LogP contribution in [0.4, 0.5) is 16.2 Å². The number of rotatable bonds is 2. The van der Waals surface area contributed by atoms with E-state index in [2.05, 4.69) is 9.89 Å². The average molecular weight is 329 g/mol. The lowest BCUT2D eigenvalue weighted by atomic mass is 10.1. The van der Waals surface area contributed by atoms with Crippen molar-refractivity contribution in [1.82, 2.24) is 4.90 Å². The van der Waals surface area contributed by atoms with E-state index in [9.17, 15) is 4.79 Å². The summed E-state index contributed by atoms with van der Waals surface area (Å²) < 4.78 is 5.36. The lowest BCUT2D eigenvalue weighted by Gasteiger charge is -2.28. The maximum absolute atomic E-state index is 12.6. The Morgan fingerprint density at radius 1 is 1.17 bits per heavy atom. The zero-order valence-corrected chi connectivity index (χ0v) is 13.9. The number of amidine groups is 1. The van der Waals surface area contributed by atoms with Crippen LogP contribution in [0.2, 0.25) is 0 Å². The number of aliphatic imine (C=N–C) groups is 1. The summed E-state index contributed by atoms with van der Waals surface area (Å²) in [6, 6.07) is 8.97. The van der Waals surface area contributed by atoms with E-state index in [1.54, 1.807) is 7.11 Å². The van der Waals surface area contributed by atoms with E-state index in [-0.39, 0.29) is 18.1 Å². The van der Waals surface area contributed by atoms with Gasteiger partial charge in [0.05, 0.1) is 13.2 Å². The molecule has 0 aliphatic carbocycles. The molecule has 2 N–H and O–H groups in total. The molecule has 0 radical (unpaired) electrons. The van der Waals surface area contributed by atoms with Gasteiger partial charge in [0.1, 0.15) is 0 Å². The fourth-order valence-corrected chi connectivity index (χ4v) is 3.80. The van der Waals surface area contributed by atoms with Crippen molar-refractivity contribution < 1.29 is 9.53 Å². The second-order valence-corrected chi connectivity index (χ2v) is 6.50. The van der Waals surface area contributed by atoms with E-state index in [1.165, 1.54) is 0 Å². The Morgan fingerprint density at radius 3 is 2.54 bits per heavy atom. The van der Waals surface area contributed by atoms with Crippen LogP contribution in [0.1, 0.15) is 12.8 Å². The van der Waals surface area contributed by atoms with Gasteiger partial charge in [0.15, 0.2) is 0 Å². The van der Waals surface area contributed by atoms with Crippen LogP contribution in [0, 0.1) is 0 Å². The largest absolute Gasteiger partial charge is 0.468 e. The third-order valence-electron chi connectivity index (χ3n) is 5.12. The Labute approximate surface area is 141 Å². The van der Waals surface area contributed by atoms with Crippen LogP contribution >= 0.6 is 0 Å². The van der Waals surface area contributed by atoms with Crippen molar-refractivity contribution in [1.29, 1.82) is 0 Å². The van der Waals surface area contributed by atoms with Crippen molar-refractivity contribution in [2.75, 3.05) is 43.1 Å².